The number of rotatable bonds is 5. The van der Waals surface area contributed by atoms with E-state index >= 15 is 0 Å². The van der Waals surface area contributed by atoms with Gasteiger partial charge in [-0.1, -0.05) is 41.6 Å². The molecule has 0 N–H and O–H groups in total. The highest BCUT2D eigenvalue weighted by atomic mass is 35.5. The largest absolute Gasteiger partial charge is 0.268 e. The molecule has 1 aromatic heterocycles. The molecular formula is C18H14ClN3OS. The van der Waals surface area contributed by atoms with Gasteiger partial charge in [-0.05, 0) is 36.8 Å². The SMILES string of the molecule is N#CCCCSc1nc2ccccc2c(=O)n1-c1cccc(Cl)c1. The molecule has 0 unspecified atom stereocenters. The average molecular weight is 356 g/mol. The van der Waals surface area contributed by atoms with Crippen LogP contribution in [0.4, 0.5) is 0 Å². The second kappa shape index (κ2) is 7.52. The summed E-state index contributed by atoms with van der Waals surface area (Å²) in [6.07, 6.45) is 1.24. The Labute approximate surface area is 148 Å². The number of para-hydroxylation sites is 1. The van der Waals surface area contributed by atoms with E-state index in [0.29, 0.717) is 33.2 Å². The Balaban J connectivity index is 2.14. The minimum atomic E-state index is -0.120. The van der Waals surface area contributed by atoms with Gasteiger partial charge in [-0.25, -0.2) is 4.98 Å². The van der Waals surface area contributed by atoms with Crippen LogP contribution >= 0.6 is 23.4 Å². The zero-order valence-corrected chi connectivity index (χ0v) is 14.3. The smallest absolute Gasteiger partial charge is 0.266 e. The summed E-state index contributed by atoms with van der Waals surface area (Å²) >= 11 is 7.56. The Morgan fingerprint density at radius 3 is 2.83 bits per heavy atom. The molecule has 3 rings (SSSR count). The van der Waals surface area contributed by atoms with Gasteiger partial charge in [0, 0.05) is 17.2 Å². The molecule has 0 saturated carbocycles. The van der Waals surface area contributed by atoms with Crippen molar-refractivity contribution in [2.24, 2.45) is 0 Å². The standard InChI is InChI=1S/C18H14ClN3OS/c19-13-6-5-7-14(12-13)22-17(23)15-8-1-2-9-16(15)21-18(22)24-11-4-3-10-20/h1-2,5-9,12H,3-4,11H2. The molecule has 0 bridgehead atoms. The van der Waals surface area contributed by atoms with Crippen molar-refractivity contribution >= 4 is 34.3 Å². The third-order valence-electron chi connectivity index (χ3n) is 3.48. The van der Waals surface area contributed by atoms with E-state index in [-0.39, 0.29) is 5.56 Å². The number of fused-ring (bicyclic) bond motifs is 1. The van der Waals surface area contributed by atoms with Gasteiger partial charge >= 0.3 is 0 Å². The predicted molar refractivity (Wildman–Crippen MR) is 97.9 cm³/mol. The van der Waals surface area contributed by atoms with E-state index in [2.05, 4.69) is 11.1 Å². The van der Waals surface area contributed by atoms with Gasteiger partial charge in [0.2, 0.25) is 0 Å². The Morgan fingerprint density at radius 2 is 2.04 bits per heavy atom. The maximum atomic E-state index is 13.0. The van der Waals surface area contributed by atoms with Crippen molar-refractivity contribution in [3.8, 4) is 11.8 Å². The number of unbranched alkanes of at least 4 members (excludes halogenated alkanes) is 1. The van der Waals surface area contributed by atoms with Crippen LogP contribution in [0.1, 0.15) is 12.8 Å². The van der Waals surface area contributed by atoms with E-state index in [0.717, 1.165) is 12.2 Å². The maximum Gasteiger partial charge on any atom is 0.266 e. The molecule has 24 heavy (non-hydrogen) atoms. The molecule has 4 nitrogen and oxygen atoms in total. The van der Waals surface area contributed by atoms with Crippen molar-refractivity contribution in [2.45, 2.75) is 18.0 Å². The number of benzene rings is 2. The topological polar surface area (TPSA) is 58.7 Å². The van der Waals surface area contributed by atoms with Gasteiger partial charge in [0.05, 0.1) is 22.7 Å². The molecule has 1 heterocycles. The van der Waals surface area contributed by atoms with Crippen molar-refractivity contribution in [1.82, 2.24) is 9.55 Å². The normalized spacial score (nSPS) is 10.7. The zero-order chi connectivity index (χ0) is 16.9. The van der Waals surface area contributed by atoms with Crippen LogP contribution < -0.4 is 5.56 Å². The van der Waals surface area contributed by atoms with Crippen LogP contribution in [0.25, 0.3) is 16.6 Å². The second-order valence-corrected chi connectivity index (χ2v) is 6.64. The molecule has 0 atom stereocenters. The van der Waals surface area contributed by atoms with Gasteiger partial charge in [-0.15, -0.1) is 0 Å². The third kappa shape index (κ3) is 3.45. The molecule has 120 valence electrons. The molecule has 0 aliphatic rings. The third-order valence-corrected chi connectivity index (χ3v) is 4.74. The van der Waals surface area contributed by atoms with E-state index < -0.39 is 0 Å². The Hall–Kier alpha value is -2.29. The summed E-state index contributed by atoms with van der Waals surface area (Å²) in [5.41, 5.74) is 1.24. The monoisotopic (exact) mass is 355 g/mol. The fraction of sp³-hybridized carbons (Fsp3) is 0.167. The summed E-state index contributed by atoms with van der Waals surface area (Å²) in [5.74, 6) is 0.721. The minimum absolute atomic E-state index is 0.120. The first-order valence-electron chi connectivity index (χ1n) is 7.48. The van der Waals surface area contributed by atoms with Crippen molar-refractivity contribution in [1.29, 1.82) is 5.26 Å². The van der Waals surface area contributed by atoms with E-state index in [9.17, 15) is 4.79 Å². The van der Waals surface area contributed by atoms with Gasteiger partial charge in [-0.2, -0.15) is 5.26 Å². The fourth-order valence-electron chi connectivity index (χ4n) is 2.37. The summed E-state index contributed by atoms with van der Waals surface area (Å²) in [4.78, 5) is 17.6. The lowest BCUT2D eigenvalue weighted by Crippen LogP contribution is -2.21. The highest BCUT2D eigenvalue weighted by Crippen LogP contribution is 2.23. The average Bonchev–Trinajstić information content (AvgIpc) is 2.59. The summed E-state index contributed by atoms with van der Waals surface area (Å²) in [5, 5.41) is 10.4. The molecule has 0 radical (unpaired) electrons. The van der Waals surface area contributed by atoms with Gasteiger partial charge < -0.3 is 0 Å². The van der Waals surface area contributed by atoms with Crippen LogP contribution in [-0.4, -0.2) is 15.3 Å². The maximum absolute atomic E-state index is 13.0. The lowest BCUT2D eigenvalue weighted by atomic mass is 10.2. The lowest BCUT2D eigenvalue weighted by Gasteiger charge is -2.13. The lowest BCUT2D eigenvalue weighted by molar-refractivity contribution is 0.817. The molecule has 0 spiro atoms. The van der Waals surface area contributed by atoms with Gasteiger partial charge in [-0.3, -0.25) is 9.36 Å². The minimum Gasteiger partial charge on any atom is -0.268 e. The Bertz CT molecular complexity index is 978. The molecule has 3 aromatic rings. The van der Waals surface area contributed by atoms with Crippen molar-refractivity contribution in [2.75, 3.05) is 5.75 Å². The van der Waals surface area contributed by atoms with Crippen LogP contribution in [0.5, 0.6) is 0 Å². The summed E-state index contributed by atoms with van der Waals surface area (Å²) in [7, 11) is 0. The first kappa shape index (κ1) is 16.6. The van der Waals surface area contributed by atoms with Crippen molar-refractivity contribution < 1.29 is 0 Å². The number of thioether (sulfide) groups is 1. The van der Waals surface area contributed by atoms with Crippen LogP contribution in [0.15, 0.2) is 58.5 Å². The number of aromatic nitrogens is 2. The first-order chi connectivity index (χ1) is 11.7. The molecule has 6 heteroatoms. The number of hydrogen-bond acceptors (Lipinski definition) is 4. The molecule has 0 amide bonds. The molecule has 0 fully saturated rings. The van der Waals surface area contributed by atoms with E-state index in [1.165, 1.54) is 11.8 Å². The highest BCUT2D eigenvalue weighted by molar-refractivity contribution is 7.99. The molecule has 0 aliphatic carbocycles. The van der Waals surface area contributed by atoms with Crippen molar-refractivity contribution in [3.63, 3.8) is 0 Å². The fourth-order valence-corrected chi connectivity index (χ4v) is 3.50. The van der Waals surface area contributed by atoms with Crippen LogP contribution in [0.2, 0.25) is 5.02 Å². The molecule has 0 saturated heterocycles. The zero-order valence-electron chi connectivity index (χ0n) is 12.8. The summed E-state index contributed by atoms with van der Waals surface area (Å²) in [6, 6.07) is 16.6. The van der Waals surface area contributed by atoms with Gasteiger partial charge in [0.25, 0.3) is 5.56 Å². The first-order valence-corrected chi connectivity index (χ1v) is 8.84. The molecule has 0 aliphatic heterocycles. The van der Waals surface area contributed by atoms with Crippen LogP contribution in [0, 0.1) is 11.3 Å². The van der Waals surface area contributed by atoms with E-state index in [1.807, 2.05) is 30.3 Å². The Morgan fingerprint density at radius 1 is 1.21 bits per heavy atom. The quantitative estimate of drug-likeness (QED) is 0.386. The number of nitriles is 1. The second-order valence-electron chi connectivity index (χ2n) is 5.14. The van der Waals surface area contributed by atoms with E-state index in [4.69, 9.17) is 16.9 Å². The molecular weight excluding hydrogens is 342 g/mol. The van der Waals surface area contributed by atoms with Crippen LogP contribution in [-0.2, 0) is 0 Å². The summed E-state index contributed by atoms with van der Waals surface area (Å²) in [6.45, 7) is 0. The number of halogens is 1. The van der Waals surface area contributed by atoms with Gasteiger partial charge in [0.1, 0.15) is 0 Å². The van der Waals surface area contributed by atoms with Crippen LogP contribution in [0.3, 0.4) is 0 Å². The van der Waals surface area contributed by atoms with Gasteiger partial charge in [0.15, 0.2) is 5.16 Å². The molecule has 2 aromatic carbocycles. The number of nitrogens with zero attached hydrogens (tertiary/aromatic N) is 3. The predicted octanol–water partition coefficient (Wildman–Crippen LogP) is 4.43. The highest BCUT2D eigenvalue weighted by Gasteiger charge is 2.13. The van der Waals surface area contributed by atoms with Crippen molar-refractivity contribution in [3.05, 3.63) is 63.9 Å². The Kier molecular flexibility index (Phi) is 5.19. The number of hydrogen-bond donors (Lipinski definition) is 0. The van der Waals surface area contributed by atoms with E-state index in [1.54, 1.807) is 22.8 Å². The summed E-state index contributed by atoms with van der Waals surface area (Å²) < 4.78 is 1.59.